The normalized spacial score (nSPS) is 19.4. The van der Waals surface area contributed by atoms with Crippen LogP contribution in [0.25, 0.3) is 0 Å². The first-order chi connectivity index (χ1) is 11.8. The Morgan fingerprint density at radius 3 is 2.72 bits per heavy atom. The van der Waals surface area contributed by atoms with Crippen LogP contribution in [0.2, 0.25) is 0 Å². The number of carbonyl (C=O) groups excluding carboxylic acids is 2. The van der Waals surface area contributed by atoms with Gasteiger partial charge in [-0.25, -0.2) is 9.59 Å². The number of methoxy groups -OCH3 is 1. The van der Waals surface area contributed by atoms with E-state index in [0.29, 0.717) is 24.3 Å². The fourth-order valence-electron chi connectivity index (χ4n) is 3.10. The molecule has 1 aromatic rings. The highest BCUT2D eigenvalue weighted by Crippen LogP contribution is 2.18. The molecule has 0 radical (unpaired) electrons. The van der Waals surface area contributed by atoms with Crippen molar-refractivity contribution in [2.75, 3.05) is 38.6 Å². The van der Waals surface area contributed by atoms with Gasteiger partial charge in [-0.1, -0.05) is 6.07 Å². The van der Waals surface area contributed by atoms with Crippen LogP contribution in [0.15, 0.2) is 18.2 Å². The Balaban J connectivity index is 2.02. The largest absolute Gasteiger partial charge is 0.465 e. The number of esters is 1. The van der Waals surface area contributed by atoms with Crippen molar-refractivity contribution in [3.63, 3.8) is 0 Å². The number of anilines is 1. The van der Waals surface area contributed by atoms with E-state index in [-0.39, 0.29) is 18.2 Å². The Kier molecular flexibility index (Phi) is 6.39. The average Bonchev–Trinajstić information content (AvgIpc) is 2.55. The molecule has 25 heavy (non-hydrogen) atoms. The van der Waals surface area contributed by atoms with Crippen LogP contribution in [0.3, 0.4) is 0 Å². The lowest BCUT2D eigenvalue weighted by molar-refractivity contribution is 0.0599. The number of carbonyl (C=O) groups is 2. The van der Waals surface area contributed by atoms with Gasteiger partial charge in [-0.05, 0) is 38.5 Å². The number of hydrogen-bond acceptors (Lipinski definition) is 5. The third-order valence-electron chi connectivity index (χ3n) is 4.39. The molecule has 0 spiro atoms. The zero-order chi connectivity index (χ0) is 18.6. The van der Waals surface area contributed by atoms with Crippen molar-refractivity contribution in [1.82, 2.24) is 9.80 Å². The van der Waals surface area contributed by atoms with E-state index in [1.165, 1.54) is 7.11 Å². The van der Waals surface area contributed by atoms with Gasteiger partial charge in [0.2, 0.25) is 0 Å². The third kappa shape index (κ3) is 4.93. The van der Waals surface area contributed by atoms with Gasteiger partial charge in [0.25, 0.3) is 0 Å². The molecular weight excluding hydrogens is 322 g/mol. The second kappa shape index (κ2) is 8.31. The van der Waals surface area contributed by atoms with E-state index in [2.05, 4.69) is 10.2 Å². The molecule has 0 bridgehead atoms. The maximum absolute atomic E-state index is 12.6. The predicted molar refractivity (Wildman–Crippen MR) is 95.8 cm³/mol. The van der Waals surface area contributed by atoms with Crippen LogP contribution in [0.5, 0.6) is 0 Å². The molecule has 0 aliphatic carbocycles. The lowest BCUT2D eigenvalue weighted by Gasteiger charge is -2.40. The Bertz CT molecular complexity index is 633. The van der Waals surface area contributed by atoms with Crippen molar-refractivity contribution in [3.8, 4) is 0 Å². The van der Waals surface area contributed by atoms with E-state index in [0.717, 1.165) is 18.7 Å². The Morgan fingerprint density at radius 1 is 1.40 bits per heavy atom. The van der Waals surface area contributed by atoms with Crippen LogP contribution in [0.1, 0.15) is 29.8 Å². The summed E-state index contributed by atoms with van der Waals surface area (Å²) in [5.41, 5.74) is 1.80. The van der Waals surface area contributed by atoms with Crippen molar-refractivity contribution in [2.45, 2.75) is 32.9 Å². The molecule has 0 saturated carbocycles. The Hall–Kier alpha value is -2.12. The number of aliphatic hydroxyl groups is 1. The molecule has 2 atom stereocenters. The Labute approximate surface area is 148 Å². The number of amides is 2. The minimum absolute atomic E-state index is 0.0398. The Morgan fingerprint density at radius 2 is 2.12 bits per heavy atom. The zero-order valence-electron chi connectivity index (χ0n) is 15.3. The van der Waals surface area contributed by atoms with Crippen LogP contribution in [0.4, 0.5) is 10.5 Å². The fraction of sp³-hybridized carbons (Fsp3) is 0.556. The number of β-amino-alcohol motifs (C(OH)–C–C–N with tert-alkyl or cyclic N) is 1. The molecule has 2 amide bonds. The number of rotatable bonds is 4. The number of nitrogens with one attached hydrogen (secondary N) is 1. The molecule has 0 unspecified atom stereocenters. The first-order valence-corrected chi connectivity index (χ1v) is 8.48. The van der Waals surface area contributed by atoms with Gasteiger partial charge in [0, 0.05) is 37.9 Å². The van der Waals surface area contributed by atoms with E-state index in [1.54, 1.807) is 30.0 Å². The average molecular weight is 349 g/mol. The summed E-state index contributed by atoms with van der Waals surface area (Å²) in [6, 6.07) is 5.04. The molecule has 2 N–H and O–H groups in total. The zero-order valence-corrected chi connectivity index (χ0v) is 15.3. The molecule has 1 aromatic carbocycles. The van der Waals surface area contributed by atoms with Gasteiger partial charge < -0.3 is 20.1 Å². The van der Waals surface area contributed by atoms with Crippen molar-refractivity contribution in [2.24, 2.45) is 0 Å². The standard InChI is InChI=1S/C18H27N3O4/c1-12-5-6-15(9-16(12)17(23)25-4)19-18(24)21-8-7-20(10-13(21)2)11-14(3)22/h5-6,9,13-14,22H,7-8,10-11H2,1-4H3,(H,19,24)/t13-,14+/m0/s1. The van der Waals surface area contributed by atoms with E-state index in [4.69, 9.17) is 4.74 Å². The maximum atomic E-state index is 12.6. The number of benzene rings is 1. The number of hydrogen-bond donors (Lipinski definition) is 2. The smallest absolute Gasteiger partial charge is 0.338 e. The summed E-state index contributed by atoms with van der Waals surface area (Å²) in [6.07, 6.45) is -0.378. The van der Waals surface area contributed by atoms with Gasteiger partial charge in [0.05, 0.1) is 18.8 Å². The van der Waals surface area contributed by atoms with E-state index in [9.17, 15) is 14.7 Å². The van der Waals surface area contributed by atoms with Crippen molar-refractivity contribution in [3.05, 3.63) is 29.3 Å². The molecule has 7 heteroatoms. The van der Waals surface area contributed by atoms with Gasteiger partial charge in [0.15, 0.2) is 0 Å². The summed E-state index contributed by atoms with van der Waals surface area (Å²) in [6.45, 7) is 8.23. The number of aryl methyl sites for hydroxylation is 1. The maximum Gasteiger partial charge on any atom is 0.338 e. The lowest BCUT2D eigenvalue weighted by atomic mass is 10.1. The number of ether oxygens (including phenoxy) is 1. The number of aliphatic hydroxyl groups excluding tert-OH is 1. The summed E-state index contributed by atoms with van der Waals surface area (Å²) < 4.78 is 4.77. The first kappa shape index (κ1) is 19.2. The molecule has 0 aromatic heterocycles. The van der Waals surface area contributed by atoms with Crippen LogP contribution in [-0.2, 0) is 4.74 Å². The van der Waals surface area contributed by atoms with Crippen LogP contribution in [0, 0.1) is 6.92 Å². The van der Waals surface area contributed by atoms with Crippen molar-refractivity contribution >= 4 is 17.7 Å². The van der Waals surface area contributed by atoms with Gasteiger partial charge in [0.1, 0.15) is 0 Å². The number of urea groups is 1. The fourth-order valence-corrected chi connectivity index (χ4v) is 3.10. The predicted octanol–water partition coefficient (Wildman–Crippen LogP) is 1.70. The second-order valence-corrected chi connectivity index (χ2v) is 6.60. The first-order valence-electron chi connectivity index (χ1n) is 8.48. The molecular formula is C18H27N3O4. The molecule has 1 saturated heterocycles. The third-order valence-corrected chi connectivity index (χ3v) is 4.39. The van der Waals surface area contributed by atoms with Crippen LogP contribution >= 0.6 is 0 Å². The summed E-state index contributed by atoms with van der Waals surface area (Å²) in [7, 11) is 1.33. The number of nitrogens with zero attached hydrogens (tertiary/aromatic N) is 2. The second-order valence-electron chi connectivity index (χ2n) is 6.60. The highest BCUT2D eigenvalue weighted by molar-refractivity contribution is 5.95. The molecule has 1 heterocycles. The highest BCUT2D eigenvalue weighted by Gasteiger charge is 2.28. The van der Waals surface area contributed by atoms with Gasteiger partial charge in [-0.3, -0.25) is 4.90 Å². The van der Waals surface area contributed by atoms with E-state index < -0.39 is 5.97 Å². The van der Waals surface area contributed by atoms with Crippen molar-refractivity contribution in [1.29, 1.82) is 0 Å². The number of piperazine rings is 1. The summed E-state index contributed by atoms with van der Waals surface area (Å²) in [5.74, 6) is -0.422. The van der Waals surface area contributed by atoms with Gasteiger partial charge in [-0.15, -0.1) is 0 Å². The monoisotopic (exact) mass is 349 g/mol. The minimum Gasteiger partial charge on any atom is -0.465 e. The molecule has 1 fully saturated rings. The minimum atomic E-state index is -0.422. The van der Waals surface area contributed by atoms with Gasteiger partial charge >= 0.3 is 12.0 Å². The van der Waals surface area contributed by atoms with Crippen molar-refractivity contribution < 1.29 is 19.4 Å². The lowest BCUT2D eigenvalue weighted by Crippen LogP contribution is -2.56. The van der Waals surface area contributed by atoms with Crippen LogP contribution in [-0.4, -0.2) is 72.3 Å². The summed E-state index contributed by atoms with van der Waals surface area (Å²) in [4.78, 5) is 28.3. The molecule has 1 aliphatic rings. The van der Waals surface area contributed by atoms with E-state index >= 15 is 0 Å². The summed E-state index contributed by atoms with van der Waals surface area (Å²) >= 11 is 0. The molecule has 138 valence electrons. The van der Waals surface area contributed by atoms with Crippen LogP contribution < -0.4 is 5.32 Å². The topological polar surface area (TPSA) is 82.1 Å². The molecule has 7 nitrogen and oxygen atoms in total. The molecule has 1 aliphatic heterocycles. The van der Waals surface area contributed by atoms with Gasteiger partial charge in [-0.2, -0.15) is 0 Å². The SMILES string of the molecule is COC(=O)c1cc(NC(=O)N2CCN(C[C@@H](C)O)C[C@@H]2C)ccc1C. The molecule has 2 rings (SSSR count). The van der Waals surface area contributed by atoms with E-state index in [1.807, 2.05) is 13.8 Å². The quantitative estimate of drug-likeness (QED) is 0.809. The highest BCUT2D eigenvalue weighted by atomic mass is 16.5. The summed E-state index contributed by atoms with van der Waals surface area (Å²) in [5, 5.41) is 12.4.